The SMILES string of the molecule is NNC(CCc1ccccn1)c1ccoc1. The quantitative estimate of drug-likeness (QED) is 0.592. The van der Waals surface area contributed by atoms with Gasteiger partial charge in [-0.1, -0.05) is 6.07 Å². The molecule has 2 aromatic heterocycles. The van der Waals surface area contributed by atoms with Crippen LogP contribution in [0.25, 0.3) is 0 Å². The van der Waals surface area contributed by atoms with Gasteiger partial charge in [0.1, 0.15) is 0 Å². The Balaban J connectivity index is 1.94. The summed E-state index contributed by atoms with van der Waals surface area (Å²) in [5.74, 6) is 5.52. The molecule has 2 rings (SSSR count). The highest BCUT2D eigenvalue weighted by Crippen LogP contribution is 2.17. The van der Waals surface area contributed by atoms with Crippen molar-refractivity contribution in [1.29, 1.82) is 0 Å². The molecule has 0 saturated heterocycles. The van der Waals surface area contributed by atoms with Crippen LogP contribution in [0.3, 0.4) is 0 Å². The van der Waals surface area contributed by atoms with Gasteiger partial charge in [0.05, 0.1) is 12.5 Å². The minimum Gasteiger partial charge on any atom is -0.472 e. The van der Waals surface area contributed by atoms with E-state index in [0.29, 0.717) is 0 Å². The van der Waals surface area contributed by atoms with Crippen LogP contribution in [0.4, 0.5) is 0 Å². The molecule has 1 atom stereocenters. The standard InChI is InChI=1S/C12H15N3O/c13-15-12(10-6-8-16-9-10)5-4-11-3-1-2-7-14-11/h1-3,6-9,12,15H,4-5,13H2. The number of aryl methyl sites for hydroxylation is 1. The van der Waals surface area contributed by atoms with Gasteiger partial charge in [0.15, 0.2) is 0 Å². The maximum atomic E-state index is 5.52. The summed E-state index contributed by atoms with van der Waals surface area (Å²) in [5.41, 5.74) is 4.93. The number of hydrogen-bond acceptors (Lipinski definition) is 4. The Hall–Kier alpha value is -1.65. The first-order chi connectivity index (χ1) is 7.90. The van der Waals surface area contributed by atoms with Crippen molar-refractivity contribution < 1.29 is 4.42 Å². The first-order valence-electron chi connectivity index (χ1n) is 5.28. The molecule has 0 saturated carbocycles. The summed E-state index contributed by atoms with van der Waals surface area (Å²) in [4.78, 5) is 4.27. The topological polar surface area (TPSA) is 64.1 Å². The van der Waals surface area contributed by atoms with E-state index in [1.807, 2.05) is 24.3 Å². The molecule has 4 heteroatoms. The number of hydrazine groups is 1. The lowest BCUT2D eigenvalue weighted by atomic mass is 10.0. The molecular formula is C12H15N3O. The van der Waals surface area contributed by atoms with Gasteiger partial charge in [-0.3, -0.25) is 16.3 Å². The molecule has 0 aliphatic heterocycles. The van der Waals surface area contributed by atoms with Crippen LogP contribution in [0.1, 0.15) is 23.7 Å². The second-order valence-corrected chi connectivity index (χ2v) is 3.64. The molecule has 0 aliphatic carbocycles. The Labute approximate surface area is 94.5 Å². The fourth-order valence-electron chi connectivity index (χ4n) is 1.66. The molecule has 0 spiro atoms. The maximum absolute atomic E-state index is 5.52. The third kappa shape index (κ3) is 2.68. The van der Waals surface area contributed by atoms with Gasteiger partial charge in [-0.05, 0) is 31.0 Å². The molecule has 0 aromatic carbocycles. The Morgan fingerprint density at radius 3 is 2.94 bits per heavy atom. The van der Waals surface area contributed by atoms with Gasteiger partial charge in [0, 0.05) is 23.5 Å². The van der Waals surface area contributed by atoms with Gasteiger partial charge in [0.25, 0.3) is 0 Å². The van der Waals surface area contributed by atoms with E-state index in [1.165, 1.54) is 0 Å². The Morgan fingerprint density at radius 2 is 2.31 bits per heavy atom. The molecule has 2 heterocycles. The maximum Gasteiger partial charge on any atom is 0.0950 e. The summed E-state index contributed by atoms with van der Waals surface area (Å²) >= 11 is 0. The molecule has 84 valence electrons. The van der Waals surface area contributed by atoms with E-state index in [4.69, 9.17) is 10.3 Å². The van der Waals surface area contributed by atoms with E-state index in [-0.39, 0.29) is 6.04 Å². The second kappa shape index (κ2) is 5.44. The van der Waals surface area contributed by atoms with Gasteiger partial charge >= 0.3 is 0 Å². The van der Waals surface area contributed by atoms with Crippen molar-refractivity contribution in [3.63, 3.8) is 0 Å². The molecule has 3 N–H and O–H groups in total. The molecule has 0 amide bonds. The Kier molecular flexibility index (Phi) is 3.69. The van der Waals surface area contributed by atoms with E-state index in [1.54, 1.807) is 18.7 Å². The third-order valence-electron chi connectivity index (χ3n) is 2.56. The molecule has 1 unspecified atom stereocenters. The van der Waals surface area contributed by atoms with Crippen LogP contribution in [-0.4, -0.2) is 4.98 Å². The lowest BCUT2D eigenvalue weighted by Gasteiger charge is -2.13. The van der Waals surface area contributed by atoms with E-state index in [2.05, 4.69) is 10.4 Å². The van der Waals surface area contributed by atoms with Gasteiger partial charge in [-0.25, -0.2) is 0 Å². The number of pyridine rings is 1. The van der Waals surface area contributed by atoms with Crippen LogP contribution in [0.15, 0.2) is 47.4 Å². The number of aromatic nitrogens is 1. The van der Waals surface area contributed by atoms with Gasteiger partial charge < -0.3 is 4.42 Å². The summed E-state index contributed by atoms with van der Waals surface area (Å²) in [6.45, 7) is 0. The smallest absolute Gasteiger partial charge is 0.0950 e. The average molecular weight is 217 g/mol. The Bertz CT molecular complexity index is 399. The monoisotopic (exact) mass is 217 g/mol. The predicted molar refractivity (Wildman–Crippen MR) is 61.3 cm³/mol. The number of furan rings is 1. The zero-order chi connectivity index (χ0) is 11.2. The second-order valence-electron chi connectivity index (χ2n) is 3.64. The highest BCUT2D eigenvalue weighted by atomic mass is 16.3. The lowest BCUT2D eigenvalue weighted by Crippen LogP contribution is -2.28. The molecule has 0 bridgehead atoms. The van der Waals surface area contributed by atoms with Crippen molar-refractivity contribution in [3.05, 3.63) is 54.2 Å². The summed E-state index contributed by atoms with van der Waals surface area (Å²) in [7, 11) is 0. The fraction of sp³-hybridized carbons (Fsp3) is 0.250. The molecule has 16 heavy (non-hydrogen) atoms. The van der Waals surface area contributed by atoms with Gasteiger partial charge in [0.2, 0.25) is 0 Å². The summed E-state index contributed by atoms with van der Waals surface area (Å²) in [6.07, 6.45) is 6.95. The van der Waals surface area contributed by atoms with Crippen LogP contribution < -0.4 is 11.3 Å². The normalized spacial score (nSPS) is 12.6. The highest BCUT2D eigenvalue weighted by Gasteiger charge is 2.10. The zero-order valence-corrected chi connectivity index (χ0v) is 8.97. The van der Waals surface area contributed by atoms with Crippen molar-refractivity contribution >= 4 is 0 Å². The van der Waals surface area contributed by atoms with Crippen molar-refractivity contribution in [3.8, 4) is 0 Å². The molecule has 4 nitrogen and oxygen atoms in total. The fourth-order valence-corrected chi connectivity index (χ4v) is 1.66. The first kappa shape index (κ1) is 10.9. The largest absolute Gasteiger partial charge is 0.472 e. The van der Waals surface area contributed by atoms with Crippen LogP contribution in [0, 0.1) is 0 Å². The molecular weight excluding hydrogens is 202 g/mol. The average Bonchev–Trinajstić information content (AvgIpc) is 2.85. The lowest BCUT2D eigenvalue weighted by molar-refractivity contribution is 0.499. The van der Waals surface area contributed by atoms with Crippen LogP contribution in [0.2, 0.25) is 0 Å². The first-order valence-corrected chi connectivity index (χ1v) is 5.28. The summed E-state index contributed by atoms with van der Waals surface area (Å²) in [6, 6.07) is 7.95. The van der Waals surface area contributed by atoms with E-state index in [0.717, 1.165) is 24.1 Å². The van der Waals surface area contributed by atoms with Crippen molar-refractivity contribution in [2.45, 2.75) is 18.9 Å². The third-order valence-corrected chi connectivity index (χ3v) is 2.56. The van der Waals surface area contributed by atoms with Crippen molar-refractivity contribution in [1.82, 2.24) is 10.4 Å². The molecule has 2 aromatic rings. The van der Waals surface area contributed by atoms with E-state index in [9.17, 15) is 0 Å². The summed E-state index contributed by atoms with van der Waals surface area (Å²) in [5, 5.41) is 0. The number of nitrogens with one attached hydrogen (secondary N) is 1. The van der Waals surface area contributed by atoms with Crippen LogP contribution in [0.5, 0.6) is 0 Å². The molecule has 0 radical (unpaired) electrons. The highest BCUT2D eigenvalue weighted by molar-refractivity contribution is 5.12. The zero-order valence-electron chi connectivity index (χ0n) is 8.97. The number of nitrogens with two attached hydrogens (primary N) is 1. The number of hydrogen-bond donors (Lipinski definition) is 2. The molecule has 0 fully saturated rings. The van der Waals surface area contributed by atoms with Crippen molar-refractivity contribution in [2.75, 3.05) is 0 Å². The summed E-state index contributed by atoms with van der Waals surface area (Å²) < 4.78 is 5.04. The van der Waals surface area contributed by atoms with Crippen molar-refractivity contribution in [2.24, 2.45) is 5.84 Å². The van der Waals surface area contributed by atoms with E-state index < -0.39 is 0 Å². The van der Waals surface area contributed by atoms with E-state index >= 15 is 0 Å². The number of rotatable bonds is 5. The van der Waals surface area contributed by atoms with Gasteiger partial charge in [-0.2, -0.15) is 0 Å². The minimum atomic E-state index is 0.112. The van der Waals surface area contributed by atoms with Gasteiger partial charge in [-0.15, -0.1) is 0 Å². The predicted octanol–water partition coefficient (Wildman–Crippen LogP) is 1.81. The minimum absolute atomic E-state index is 0.112. The number of nitrogens with zero attached hydrogens (tertiary/aromatic N) is 1. The van der Waals surface area contributed by atoms with Crippen LogP contribution >= 0.6 is 0 Å². The van der Waals surface area contributed by atoms with Crippen LogP contribution in [-0.2, 0) is 6.42 Å². The Morgan fingerprint density at radius 1 is 1.38 bits per heavy atom. The molecule has 0 aliphatic rings.